The van der Waals surface area contributed by atoms with E-state index < -0.39 is 5.97 Å². The Kier molecular flexibility index (Phi) is 5.94. The minimum absolute atomic E-state index is 0.00791. The summed E-state index contributed by atoms with van der Waals surface area (Å²) in [5, 5.41) is 9.63. The summed E-state index contributed by atoms with van der Waals surface area (Å²) in [6, 6.07) is 18.2. The van der Waals surface area contributed by atoms with Crippen LogP contribution in [0.3, 0.4) is 0 Å². The molecule has 1 N–H and O–H groups in total. The summed E-state index contributed by atoms with van der Waals surface area (Å²) in [5.74, 6) is -0.428. The van der Waals surface area contributed by atoms with Gasteiger partial charge in [0.15, 0.2) is 0 Å². The van der Waals surface area contributed by atoms with Gasteiger partial charge in [0.05, 0.1) is 5.69 Å². The van der Waals surface area contributed by atoms with E-state index in [-0.39, 0.29) is 12.3 Å². The van der Waals surface area contributed by atoms with Gasteiger partial charge in [-0.2, -0.15) is 0 Å². The molecule has 136 valence electrons. The third-order valence-electron chi connectivity index (χ3n) is 3.79. The molecule has 0 radical (unpaired) electrons. The van der Waals surface area contributed by atoms with E-state index in [0.717, 1.165) is 21.2 Å². The third-order valence-corrected chi connectivity index (χ3v) is 4.39. The molecule has 27 heavy (non-hydrogen) atoms. The van der Waals surface area contributed by atoms with Gasteiger partial charge in [0, 0.05) is 20.6 Å². The van der Waals surface area contributed by atoms with Crippen LogP contribution >= 0.6 is 27.5 Å². The smallest absolute Gasteiger partial charge is 0.354 e. The topological polar surface area (TPSA) is 59.4 Å². The minimum Gasteiger partial charge on any atom is -0.487 e. The number of hydrogen-bond acceptors (Lipinski definition) is 3. The van der Waals surface area contributed by atoms with Crippen LogP contribution in [0.15, 0.2) is 76.7 Å². The maximum atomic E-state index is 11.3. The van der Waals surface area contributed by atoms with E-state index in [2.05, 4.69) is 27.5 Å². The SMILES string of the molecule is C=C(Cl)COc1ccc(Br)cc1-c1ccccc1-c1cccc(C(=O)O)n1. The van der Waals surface area contributed by atoms with Gasteiger partial charge in [-0.05, 0) is 35.9 Å². The molecule has 0 aliphatic rings. The Hall–Kier alpha value is -2.63. The van der Waals surface area contributed by atoms with E-state index in [4.69, 9.17) is 16.3 Å². The maximum Gasteiger partial charge on any atom is 0.354 e. The average Bonchev–Trinajstić information content (AvgIpc) is 2.67. The van der Waals surface area contributed by atoms with Gasteiger partial charge in [-0.3, -0.25) is 0 Å². The van der Waals surface area contributed by atoms with Gasteiger partial charge >= 0.3 is 5.97 Å². The molecule has 2 aromatic carbocycles. The first-order valence-corrected chi connectivity index (χ1v) is 9.18. The lowest BCUT2D eigenvalue weighted by molar-refractivity contribution is 0.0690. The average molecular weight is 445 g/mol. The molecule has 0 aliphatic carbocycles. The number of carbonyl (C=O) groups is 1. The maximum absolute atomic E-state index is 11.3. The number of aromatic nitrogens is 1. The van der Waals surface area contributed by atoms with Crippen LogP contribution in [-0.2, 0) is 0 Å². The molecule has 0 fully saturated rings. The second kappa shape index (κ2) is 8.37. The lowest BCUT2D eigenvalue weighted by Gasteiger charge is -2.15. The van der Waals surface area contributed by atoms with Crippen molar-refractivity contribution in [2.45, 2.75) is 0 Å². The van der Waals surface area contributed by atoms with Crippen LogP contribution in [0.25, 0.3) is 22.4 Å². The second-order valence-corrected chi connectivity index (χ2v) is 7.16. The number of ether oxygens (including phenoxy) is 1. The van der Waals surface area contributed by atoms with Crippen LogP contribution in [0.2, 0.25) is 0 Å². The van der Waals surface area contributed by atoms with Crippen LogP contribution in [0.5, 0.6) is 5.75 Å². The molecule has 3 aromatic rings. The zero-order chi connectivity index (χ0) is 19.4. The van der Waals surface area contributed by atoms with Gasteiger partial charge in [-0.25, -0.2) is 9.78 Å². The number of rotatable bonds is 6. The van der Waals surface area contributed by atoms with Crippen LogP contribution in [-0.4, -0.2) is 22.7 Å². The highest BCUT2D eigenvalue weighted by atomic mass is 79.9. The summed E-state index contributed by atoms with van der Waals surface area (Å²) in [4.78, 5) is 15.5. The van der Waals surface area contributed by atoms with E-state index in [0.29, 0.717) is 16.5 Å². The van der Waals surface area contributed by atoms with E-state index in [1.54, 1.807) is 12.1 Å². The number of nitrogens with zero attached hydrogens (tertiary/aromatic N) is 1. The summed E-state index contributed by atoms with van der Waals surface area (Å²) >= 11 is 9.33. The number of carboxylic acids is 1. The van der Waals surface area contributed by atoms with E-state index in [9.17, 15) is 9.90 Å². The normalized spacial score (nSPS) is 10.4. The van der Waals surface area contributed by atoms with Crippen molar-refractivity contribution in [3.8, 4) is 28.1 Å². The van der Waals surface area contributed by atoms with Crippen LogP contribution < -0.4 is 4.74 Å². The van der Waals surface area contributed by atoms with Gasteiger partial charge in [-0.15, -0.1) is 0 Å². The fourth-order valence-corrected chi connectivity index (χ4v) is 3.06. The van der Waals surface area contributed by atoms with Gasteiger partial charge in [0.1, 0.15) is 18.1 Å². The predicted molar refractivity (Wildman–Crippen MR) is 110 cm³/mol. The van der Waals surface area contributed by atoms with E-state index in [1.807, 2.05) is 42.5 Å². The molecule has 0 aliphatic heterocycles. The van der Waals surface area contributed by atoms with Crippen molar-refractivity contribution in [2.75, 3.05) is 6.61 Å². The molecular formula is C21H15BrClNO3. The molecule has 3 rings (SSSR count). The largest absolute Gasteiger partial charge is 0.487 e. The Morgan fingerprint density at radius 3 is 2.52 bits per heavy atom. The predicted octanol–water partition coefficient (Wildman–Crippen LogP) is 6.01. The first kappa shape index (κ1) is 19.1. The quantitative estimate of drug-likeness (QED) is 0.506. The fourth-order valence-electron chi connectivity index (χ4n) is 2.64. The van der Waals surface area contributed by atoms with Crippen molar-refractivity contribution in [3.05, 3.63) is 82.4 Å². The molecule has 1 heterocycles. The monoisotopic (exact) mass is 443 g/mol. The van der Waals surface area contributed by atoms with Crippen molar-refractivity contribution >= 4 is 33.5 Å². The van der Waals surface area contributed by atoms with Crippen molar-refractivity contribution in [2.24, 2.45) is 0 Å². The van der Waals surface area contributed by atoms with Crippen molar-refractivity contribution < 1.29 is 14.6 Å². The number of aromatic carboxylic acids is 1. The van der Waals surface area contributed by atoms with Crippen molar-refractivity contribution in [3.63, 3.8) is 0 Å². The Morgan fingerprint density at radius 1 is 1.07 bits per heavy atom. The van der Waals surface area contributed by atoms with Crippen LogP contribution in [0.1, 0.15) is 10.5 Å². The first-order chi connectivity index (χ1) is 13.0. The first-order valence-electron chi connectivity index (χ1n) is 8.01. The minimum atomic E-state index is -1.07. The summed E-state index contributed by atoms with van der Waals surface area (Å²) in [6.07, 6.45) is 0. The molecule has 0 bridgehead atoms. The van der Waals surface area contributed by atoms with E-state index >= 15 is 0 Å². The Morgan fingerprint density at radius 2 is 1.81 bits per heavy atom. The standard InChI is InChI=1S/C21H15BrClNO3/c1-13(23)12-27-20-10-9-14(22)11-17(20)15-5-2-3-6-16(15)18-7-4-8-19(24-18)21(25)26/h2-11H,1,12H2,(H,25,26). The van der Waals surface area contributed by atoms with Crippen molar-refractivity contribution in [1.29, 1.82) is 0 Å². The number of carboxylic acid groups (broad SMARTS) is 1. The zero-order valence-corrected chi connectivity index (χ0v) is 16.5. The molecule has 0 amide bonds. The lowest BCUT2D eigenvalue weighted by atomic mass is 9.96. The number of benzene rings is 2. The zero-order valence-electron chi connectivity index (χ0n) is 14.2. The Labute approximate surface area is 170 Å². The number of hydrogen-bond donors (Lipinski definition) is 1. The fraction of sp³-hybridized carbons (Fsp3) is 0.0476. The molecule has 4 nitrogen and oxygen atoms in total. The van der Waals surface area contributed by atoms with E-state index in [1.165, 1.54) is 6.07 Å². The molecule has 0 atom stereocenters. The lowest BCUT2D eigenvalue weighted by Crippen LogP contribution is -2.01. The molecule has 1 aromatic heterocycles. The summed E-state index contributed by atoms with van der Waals surface area (Å²) in [7, 11) is 0. The molecule has 6 heteroatoms. The second-order valence-electron chi connectivity index (χ2n) is 5.71. The van der Waals surface area contributed by atoms with Crippen LogP contribution in [0, 0.1) is 0 Å². The molecular weight excluding hydrogens is 430 g/mol. The molecule has 0 saturated heterocycles. The van der Waals surface area contributed by atoms with Gasteiger partial charge in [0.2, 0.25) is 0 Å². The summed E-state index contributed by atoms with van der Waals surface area (Å²) in [5.41, 5.74) is 3.06. The molecule has 0 spiro atoms. The summed E-state index contributed by atoms with van der Waals surface area (Å²) in [6.45, 7) is 3.83. The molecule has 0 unspecified atom stereocenters. The van der Waals surface area contributed by atoms with Gasteiger partial charge in [-0.1, -0.05) is 64.4 Å². The Bertz CT molecular complexity index is 1020. The van der Waals surface area contributed by atoms with Crippen molar-refractivity contribution in [1.82, 2.24) is 4.98 Å². The number of halogens is 2. The number of pyridine rings is 1. The third kappa shape index (κ3) is 4.56. The Balaban J connectivity index is 2.14. The highest BCUT2D eigenvalue weighted by Gasteiger charge is 2.15. The van der Waals surface area contributed by atoms with Gasteiger partial charge < -0.3 is 9.84 Å². The van der Waals surface area contributed by atoms with Crippen LogP contribution in [0.4, 0.5) is 0 Å². The van der Waals surface area contributed by atoms with Gasteiger partial charge in [0.25, 0.3) is 0 Å². The highest BCUT2D eigenvalue weighted by molar-refractivity contribution is 9.10. The molecule has 0 saturated carbocycles. The summed E-state index contributed by atoms with van der Waals surface area (Å²) < 4.78 is 6.68. The highest BCUT2D eigenvalue weighted by Crippen LogP contribution is 2.38.